The topological polar surface area (TPSA) is 81.2 Å². The summed E-state index contributed by atoms with van der Waals surface area (Å²) in [7, 11) is 4.22. The lowest BCUT2D eigenvalue weighted by Crippen LogP contribution is -2.51. The Kier molecular flexibility index (Phi) is 5.88. The smallest absolute Gasteiger partial charge is 0.321 e. The molecule has 0 aliphatic heterocycles. The van der Waals surface area contributed by atoms with Crippen LogP contribution >= 0.6 is 0 Å². The van der Waals surface area contributed by atoms with Crippen LogP contribution in [0.5, 0.6) is 0 Å². The van der Waals surface area contributed by atoms with Gasteiger partial charge in [0.1, 0.15) is 6.04 Å². The van der Waals surface area contributed by atoms with Crippen LogP contribution < -0.4 is 5.32 Å². The number of nitrogens with zero attached hydrogens (tertiary/aromatic N) is 2. The number of para-hydroxylation sites is 1. The van der Waals surface area contributed by atoms with Crippen LogP contribution in [0, 0.1) is 0 Å². The quantitative estimate of drug-likeness (QED) is 0.559. The van der Waals surface area contributed by atoms with E-state index in [0.717, 1.165) is 47.8 Å². The number of nitrogens with one attached hydrogen (secondary N) is 2. The molecule has 1 atom stereocenters. The summed E-state index contributed by atoms with van der Waals surface area (Å²) in [6, 6.07) is 13.7. The number of carboxylic acid groups (broad SMARTS) is 1. The van der Waals surface area contributed by atoms with Crippen LogP contribution in [-0.4, -0.2) is 52.1 Å². The molecule has 1 aliphatic carbocycles. The third-order valence-electron chi connectivity index (χ3n) is 6.64. The SMILES string of the molecule is CN(C)C1(c2ccccn2)CCC(NC(Cc2c[nH]c3ccccc23)C(=O)O)CC1. The van der Waals surface area contributed by atoms with Crippen molar-refractivity contribution in [2.24, 2.45) is 0 Å². The molecule has 0 amide bonds. The molecule has 2 aromatic heterocycles. The van der Waals surface area contributed by atoms with Crippen molar-refractivity contribution in [3.8, 4) is 0 Å². The van der Waals surface area contributed by atoms with Crippen LogP contribution in [0.2, 0.25) is 0 Å². The predicted molar refractivity (Wildman–Crippen MR) is 118 cm³/mol. The molecule has 0 radical (unpaired) electrons. The number of aromatic amines is 1. The minimum Gasteiger partial charge on any atom is -0.480 e. The molecular weight excluding hydrogens is 376 g/mol. The Morgan fingerprint density at radius 2 is 1.97 bits per heavy atom. The van der Waals surface area contributed by atoms with E-state index in [1.165, 1.54) is 0 Å². The molecule has 6 heteroatoms. The van der Waals surface area contributed by atoms with Gasteiger partial charge in [0, 0.05) is 35.8 Å². The Morgan fingerprint density at radius 3 is 2.63 bits per heavy atom. The zero-order valence-corrected chi connectivity index (χ0v) is 17.6. The number of benzene rings is 1. The molecule has 0 saturated heterocycles. The van der Waals surface area contributed by atoms with Crippen LogP contribution in [0.3, 0.4) is 0 Å². The van der Waals surface area contributed by atoms with Gasteiger partial charge in [0.2, 0.25) is 0 Å². The molecular formula is C24H30N4O2. The monoisotopic (exact) mass is 406 g/mol. The maximum atomic E-state index is 12.0. The fourth-order valence-electron chi connectivity index (χ4n) is 4.85. The average Bonchev–Trinajstić information content (AvgIpc) is 3.17. The number of pyridine rings is 1. The van der Waals surface area contributed by atoms with E-state index in [-0.39, 0.29) is 11.6 Å². The fourth-order valence-corrected chi connectivity index (χ4v) is 4.85. The van der Waals surface area contributed by atoms with E-state index in [9.17, 15) is 9.90 Å². The minimum atomic E-state index is -0.797. The number of aromatic nitrogens is 2. The van der Waals surface area contributed by atoms with E-state index < -0.39 is 12.0 Å². The van der Waals surface area contributed by atoms with E-state index in [0.29, 0.717) is 6.42 Å². The zero-order valence-electron chi connectivity index (χ0n) is 17.6. The maximum Gasteiger partial charge on any atom is 0.321 e. The van der Waals surface area contributed by atoms with E-state index in [1.807, 2.05) is 48.8 Å². The van der Waals surface area contributed by atoms with Crippen molar-refractivity contribution in [3.05, 3.63) is 66.1 Å². The van der Waals surface area contributed by atoms with E-state index in [1.54, 1.807) is 0 Å². The van der Waals surface area contributed by atoms with Crippen molar-refractivity contribution >= 4 is 16.9 Å². The predicted octanol–water partition coefficient (Wildman–Crippen LogP) is 3.55. The summed E-state index contributed by atoms with van der Waals surface area (Å²) >= 11 is 0. The Morgan fingerprint density at radius 1 is 1.23 bits per heavy atom. The number of carbonyl (C=O) groups is 1. The van der Waals surface area contributed by atoms with Gasteiger partial charge in [0.15, 0.2) is 0 Å². The lowest BCUT2D eigenvalue weighted by molar-refractivity contribution is -0.139. The maximum absolute atomic E-state index is 12.0. The molecule has 1 unspecified atom stereocenters. The average molecular weight is 407 g/mol. The van der Waals surface area contributed by atoms with Crippen molar-refractivity contribution in [1.82, 2.24) is 20.2 Å². The van der Waals surface area contributed by atoms with Gasteiger partial charge in [-0.1, -0.05) is 24.3 Å². The van der Waals surface area contributed by atoms with Crippen molar-refractivity contribution < 1.29 is 9.90 Å². The van der Waals surface area contributed by atoms with Crippen molar-refractivity contribution in [2.45, 2.75) is 49.7 Å². The molecule has 1 aromatic carbocycles. The Hall–Kier alpha value is -2.70. The Balaban J connectivity index is 1.45. The Bertz CT molecular complexity index is 991. The molecule has 0 bridgehead atoms. The van der Waals surface area contributed by atoms with Crippen LogP contribution in [-0.2, 0) is 16.8 Å². The van der Waals surface area contributed by atoms with E-state index in [2.05, 4.69) is 40.3 Å². The van der Waals surface area contributed by atoms with Crippen LogP contribution in [0.15, 0.2) is 54.9 Å². The molecule has 3 aromatic rings. The standard InChI is InChI=1S/C24H30N4O2/c1-28(2)24(22-9-5-6-14-25-22)12-10-18(11-13-24)27-21(23(29)30)15-17-16-26-20-8-4-3-7-19(17)20/h3-9,14,16,18,21,26-27H,10-13,15H2,1-2H3,(H,29,30). The second kappa shape index (κ2) is 8.58. The number of hydrogen-bond donors (Lipinski definition) is 3. The molecule has 30 heavy (non-hydrogen) atoms. The third-order valence-corrected chi connectivity index (χ3v) is 6.64. The highest BCUT2D eigenvalue weighted by molar-refractivity contribution is 5.84. The zero-order chi connectivity index (χ0) is 21.1. The first-order chi connectivity index (χ1) is 14.5. The third kappa shape index (κ3) is 3.98. The van der Waals surface area contributed by atoms with E-state index >= 15 is 0 Å². The molecule has 0 spiro atoms. The van der Waals surface area contributed by atoms with Gasteiger partial charge in [-0.15, -0.1) is 0 Å². The van der Waals surface area contributed by atoms with Crippen LogP contribution in [0.1, 0.15) is 36.9 Å². The summed E-state index contributed by atoms with van der Waals surface area (Å²) in [6.45, 7) is 0. The Labute approximate surface area is 177 Å². The van der Waals surface area contributed by atoms with Crippen molar-refractivity contribution in [3.63, 3.8) is 0 Å². The lowest BCUT2D eigenvalue weighted by Gasteiger charge is -2.45. The molecule has 1 aliphatic rings. The van der Waals surface area contributed by atoms with Gasteiger partial charge in [0.25, 0.3) is 0 Å². The summed E-state index contributed by atoms with van der Waals surface area (Å²) in [6.07, 6.45) is 8.00. The van der Waals surface area contributed by atoms with Gasteiger partial charge in [-0.05, 0) is 63.5 Å². The summed E-state index contributed by atoms with van der Waals surface area (Å²) < 4.78 is 0. The summed E-state index contributed by atoms with van der Waals surface area (Å²) in [5.41, 5.74) is 3.09. The molecule has 4 rings (SSSR count). The highest BCUT2D eigenvalue weighted by Gasteiger charge is 2.40. The first-order valence-electron chi connectivity index (χ1n) is 10.6. The van der Waals surface area contributed by atoms with Crippen LogP contribution in [0.4, 0.5) is 0 Å². The summed E-state index contributed by atoms with van der Waals surface area (Å²) in [4.78, 5) is 22.1. The summed E-state index contributed by atoms with van der Waals surface area (Å²) in [5, 5.41) is 14.4. The van der Waals surface area contributed by atoms with E-state index in [4.69, 9.17) is 0 Å². The van der Waals surface area contributed by atoms with Gasteiger partial charge in [-0.25, -0.2) is 0 Å². The second-order valence-electron chi connectivity index (χ2n) is 8.54. The first-order valence-corrected chi connectivity index (χ1v) is 10.6. The number of aliphatic carboxylic acids is 1. The minimum absolute atomic E-state index is 0.0883. The van der Waals surface area contributed by atoms with Crippen molar-refractivity contribution in [2.75, 3.05) is 14.1 Å². The van der Waals surface area contributed by atoms with Gasteiger partial charge < -0.3 is 15.4 Å². The molecule has 6 nitrogen and oxygen atoms in total. The van der Waals surface area contributed by atoms with Gasteiger partial charge in [-0.3, -0.25) is 14.7 Å². The van der Waals surface area contributed by atoms with Crippen LogP contribution in [0.25, 0.3) is 10.9 Å². The molecule has 2 heterocycles. The molecule has 1 saturated carbocycles. The lowest BCUT2D eigenvalue weighted by atomic mass is 9.76. The second-order valence-corrected chi connectivity index (χ2v) is 8.54. The number of fused-ring (bicyclic) bond motifs is 1. The van der Waals surface area contributed by atoms with Crippen molar-refractivity contribution in [1.29, 1.82) is 0 Å². The van der Waals surface area contributed by atoms with Gasteiger partial charge in [-0.2, -0.15) is 0 Å². The fraction of sp³-hybridized carbons (Fsp3) is 0.417. The number of rotatable bonds is 7. The number of H-pyrrole nitrogens is 1. The largest absolute Gasteiger partial charge is 0.480 e. The van der Waals surface area contributed by atoms with Gasteiger partial charge >= 0.3 is 5.97 Å². The number of hydrogen-bond acceptors (Lipinski definition) is 4. The highest BCUT2D eigenvalue weighted by atomic mass is 16.4. The molecule has 1 fully saturated rings. The normalized spacial score (nSPS) is 23.0. The highest BCUT2D eigenvalue weighted by Crippen LogP contribution is 2.40. The summed E-state index contributed by atoms with van der Waals surface area (Å²) in [5.74, 6) is -0.797. The number of carboxylic acids is 1. The first kappa shape index (κ1) is 20.6. The molecule has 158 valence electrons. The molecule has 3 N–H and O–H groups in total. The van der Waals surface area contributed by atoms with Gasteiger partial charge in [0.05, 0.1) is 11.2 Å².